The Hall–Kier alpha value is -2.99. The number of benzene rings is 2. The maximum Gasteiger partial charge on any atom is 0.244 e. The van der Waals surface area contributed by atoms with E-state index < -0.39 is 0 Å². The maximum absolute atomic E-state index is 12.5. The highest BCUT2D eigenvalue weighted by Gasteiger charge is 2.11. The number of ether oxygens (including phenoxy) is 1. The van der Waals surface area contributed by atoms with Crippen molar-refractivity contribution in [1.29, 1.82) is 0 Å². The summed E-state index contributed by atoms with van der Waals surface area (Å²) in [6, 6.07) is 19.1. The summed E-state index contributed by atoms with van der Waals surface area (Å²) in [5, 5.41) is 2.90. The molecule has 0 aliphatic heterocycles. The second kappa shape index (κ2) is 9.28. The second-order valence-electron chi connectivity index (χ2n) is 6.34. The van der Waals surface area contributed by atoms with Crippen LogP contribution in [0, 0.1) is 6.92 Å². The van der Waals surface area contributed by atoms with Gasteiger partial charge < -0.3 is 14.6 Å². The molecule has 0 aliphatic carbocycles. The van der Waals surface area contributed by atoms with Crippen LogP contribution in [0.4, 0.5) is 5.69 Å². The van der Waals surface area contributed by atoms with Gasteiger partial charge in [0, 0.05) is 28.1 Å². The van der Waals surface area contributed by atoms with Crippen LogP contribution in [0.15, 0.2) is 76.6 Å². The minimum Gasteiger partial charge on any atom is -0.491 e. The van der Waals surface area contributed by atoms with Crippen molar-refractivity contribution in [3.63, 3.8) is 0 Å². The van der Waals surface area contributed by atoms with Crippen LogP contribution in [0.1, 0.15) is 11.3 Å². The largest absolute Gasteiger partial charge is 0.491 e. The molecule has 0 saturated carbocycles. The van der Waals surface area contributed by atoms with E-state index in [0.29, 0.717) is 5.75 Å². The van der Waals surface area contributed by atoms with Crippen molar-refractivity contribution in [1.82, 2.24) is 4.57 Å². The first-order valence-corrected chi connectivity index (χ1v) is 9.85. The van der Waals surface area contributed by atoms with Crippen molar-refractivity contribution in [3.8, 4) is 5.75 Å². The van der Waals surface area contributed by atoms with Gasteiger partial charge in [0.25, 0.3) is 0 Å². The Kier molecular flexibility index (Phi) is 6.55. The van der Waals surface area contributed by atoms with Crippen LogP contribution in [-0.2, 0) is 17.1 Å². The van der Waals surface area contributed by atoms with Crippen molar-refractivity contribution in [2.75, 3.05) is 12.4 Å². The first kappa shape index (κ1) is 19.8. The number of aryl methyl sites for hydroxylation is 1. The van der Waals surface area contributed by atoms with Gasteiger partial charge in [-0.05, 0) is 36.8 Å². The van der Waals surface area contributed by atoms with Gasteiger partial charge in [0.15, 0.2) is 5.75 Å². The number of pyridine rings is 1. The summed E-state index contributed by atoms with van der Waals surface area (Å²) in [5.74, 6) is 0.625. The molecule has 0 radical (unpaired) electrons. The maximum atomic E-state index is 12.5. The summed E-state index contributed by atoms with van der Waals surface area (Å²) in [6.45, 7) is 2.07. The lowest BCUT2D eigenvalue weighted by Gasteiger charge is -2.15. The Balaban J connectivity index is 1.79. The molecular formula is C22H22N2O3S. The lowest BCUT2D eigenvalue weighted by atomic mass is 10.2. The lowest BCUT2D eigenvalue weighted by molar-refractivity contribution is -0.116. The summed E-state index contributed by atoms with van der Waals surface area (Å²) in [7, 11) is 1.45. The number of amides is 1. The van der Waals surface area contributed by atoms with E-state index in [1.165, 1.54) is 13.2 Å². The number of nitrogens with one attached hydrogen (secondary N) is 1. The molecule has 0 atom stereocenters. The molecule has 1 amide bonds. The number of hydrogen-bond donors (Lipinski definition) is 1. The molecule has 6 heteroatoms. The molecule has 0 fully saturated rings. The minimum absolute atomic E-state index is 0.0925. The molecule has 28 heavy (non-hydrogen) atoms. The van der Waals surface area contributed by atoms with Gasteiger partial charge in [-0.2, -0.15) is 0 Å². The summed E-state index contributed by atoms with van der Waals surface area (Å²) in [5.41, 5.74) is 2.39. The smallest absolute Gasteiger partial charge is 0.244 e. The van der Waals surface area contributed by atoms with Crippen LogP contribution in [0.25, 0.3) is 0 Å². The third-order valence-corrected chi connectivity index (χ3v) is 5.19. The van der Waals surface area contributed by atoms with Crippen molar-refractivity contribution in [2.45, 2.75) is 24.1 Å². The fourth-order valence-electron chi connectivity index (χ4n) is 2.77. The lowest BCUT2D eigenvalue weighted by Crippen LogP contribution is -2.22. The van der Waals surface area contributed by atoms with E-state index in [1.54, 1.807) is 22.5 Å². The van der Waals surface area contributed by atoms with E-state index in [-0.39, 0.29) is 23.6 Å². The molecule has 144 valence electrons. The Bertz CT molecular complexity index is 1020. The predicted octanol–water partition coefficient (Wildman–Crippen LogP) is 4.10. The van der Waals surface area contributed by atoms with E-state index in [2.05, 4.69) is 5.32 Å². The van der Waals surface area contributed by atoms with Crippen LogP contribution < -0.4 is 15.5 Å². The highest BCUT2D eigenvalue weighted by atomic mass is 32.2. The molecule has 0 unspecified atom stereocenters. The predicted molar refractivity (Wildman–Crippen MR) is 113 cm³/mol. The molecule has 1 aromatic heterocycles. The Morgan fingerprint density at radius 2 is 1.89 bits per heavy atom. The molecule has 3 rings (SSSR count). The zero-order valence-corrected chi connectivity index (χ0v) is 16.7. The summed E-state index contributed by atoms with van der Waals surface area (Å²) in [4.78, 5) is 25.8. The zero-order valence-electron chi connectivity index (χ0n) is 15.8. The van der Waals surface area contributed by atoms with E-state index in [4.69, 9.17) is 4.74 Å². The standard InChI is InChI=1S/C22H22N2O3S/c1-16-7-6-8-17(11-16)23-22(26)14-24-13-21(27-2)20(25)12-18(24)15-28-19-9-4-3-5-10-19/h3-13H,14-15H2,1-2H3,(H,23,26). The highest BCUT2D eigenvalue weighted by Crippen LogP contribution is 2.22. The number of rotatable bonds is 7. The number of hydrogen-bond acceptors (Lipinski definition) is 4. The van der Waals surface area contributed by atoms with Gasteiger partial charge in [0.2, 0.25) is 11.3 Å². The van der Waals surface area contributed by atoms with E-state index in [9.17, 15) is 9.59 Å². The second-order valence-corrected chi connectivity index (χ2v) is 7.39. The van der Waals surface area contributed by atoms with Crippen molar-refractivity contribution in [2.24, 2.45) is 0 Å². The number of carbonyl (C=O) groups is 1. The first-order chi connectivity index (χ1) is 13.5. The van der Waals surface area contributed by atoms with Gasteiger partial charge in [-0.25, -0.2) is 0 Å². The number of thioether (sulfide) groups is 1. The molecule has 2 aromatic carbocycles. The molecule has 0 spiro atoms. The van der Waals surface area contributed by atoms with Gasteiger partial charge in [-0.15, -0.1) is 11.8 Å². The Labute approximate surface area is 168 Å². The van der Waals surface area contributed by atoms with Crippen LogP contribution in [-0.4, -0.2) is 17.6 Å². The van der Waals surface area contributed by atoms with Crippen LogP contribution in [0.2, 0.25) is 0 Å². The number of anilines is 1. The first-order valence-electron chi connectivity index (χ1n) is 8.87. The zero-order chi connectivity index (χ0) is 19.9. The highest BCUT2D eigenvalue weighted by molar-refractivity contribution is 7.98. The average Bonchev–Trinajstić information content (AvgIpc) is 2.68. The van der Waals surface area contributed by atoms with Gasteiger partial charge in [0.1, 0.15) is 6.54 Å². The Morgan fingerprint density at radius 1 is 1.11 bits per heavy atom. The molecule has 5 nitrogen and oxygen atoms in total. The van der Waals surface area contributed by atoms with Gasteiger partial charge >= 0.3 is 0 Å². The van der Waals surface area contributed by atoms with E-state index in [0.717, 1.165) is 21.8 Å². The summed E-state index contributed by atoms with van der Waals surface area (Å²) >= 11 is 1.61. The quantitative estimate of drug-likeness (QED) is 0.613. The van der Waals surface area contributed by atoms with Crippen molar-refractivity contribution < 1.29 is 9.53 Å². The third kappa shape index (κ3) is 5.27. The van der Waals surface area contributed by atoms with Crippen LogP contribution in [0.3, 0.4) is 0 Å². The summed E-state index contributed by atoms with van der Waals surface area (Å²) < 4.78 is 6.91. The topological polar surface area (TPSA) is 60.3 Å². The Morgan fingerprint density at radius 3 is 2.61 bits per heavy atom. The number of methoxy groups -OCH3 is 1. The molecule has 1 N–H and O–H groups in total. The van der Waals surface area contributed by atoms with Crippen LogP contribution in [0.5, 0.6) is 5.75 Å². The molecular weight excluding hydrogens is 372 g/mol. The fourth-order valence-corrected chi connectivity index (χ4v) is 3.68. The number of carbonyl (C=O) groups excluding carboxylic acids is 1. The monoisotopic (exact) mass is 394 g/mol. The van der Waals surface area contributed by atoms with Gasteiger partial charge in [0.05, 0.1) is 13.3 Å². The van der Waals surface area contributed by atoms with Gasteiger partial charge in [-0.1, -0.05) is 30.3 Å². The van der Waals surface area contributed by atoms with E-state index >= 15 is 0 Å². The third-order valence-electron chi connectivity index (χ3n) is 4.15. The molecule has 0 saturated heterocycles. The van der Waals surface area contributed by atoms with Crippen LogP contribution >= 0.6 is 11.8 Å². The molecule has 0 bridgehead atoms. The van der Waals surface area contributed by atoms with Crippen molar-refractivity contribution >= 4 is 23.4 Å². The normalized spacial score (nSPS) is 10.5. The molecule has 1 heterocycles. The van der Waals surface area contributed by atoms with Gasteiger partial charge in [-0.3, -0.25) is 9.59 Å². The number of nitrogens with zero attached hydrogens (tertiary/aromatic N) is 1. The SMILES string of the molecule is COc1cn(CC(=O)Nc2cccc(C)c2)c(CSc2ccccc2)cc1=O. The summed E-state index contributed by atoms with van der Waals surface area (Å²) in [6.07, 6.45) is 1.60. The fraction of sp³-hybridized carbons (Fsp3) is 0.182. The minimum atomic E-state index is -0.193. The molecule has 0 aliphatic rings. The van der Waals surface area contributed by atoms with Crippen molar-refractivity contribution in [3.05, 3.63) is 88.3 Å². The molecule has 3 aromatic rings. The average molecular weight is 394 g/mol. The number of aromatic nitrogens is 1. The van der Waals surface area contributed by atoms with E-state index in [1.807, 2.05) is 61.5 Å².